The molecule has 1 unspecified atom stereocenters. The molecule has 0 bridgehead atoms. The third-order valence-electron chi connectivity index (χ3n) is 2.42. The van der Waals surface area contributed by atoms with Crippen LogP contribution in [0.15, 0.2) is 54.6 Å². The molecule has 0 N–H and O–H groups in total. The summed E-state index contributed by atoms with van der Waals surface area (Å²) >= 11 is 0.385. The van der Waals surface area contributed by atoms with Crippen LogP contribution in [0.5, 0.6) is 0 Å². The molecule has 2 rings (SSSR count). The molecule has 1 aliphatic carbocycles. The number of allylic oxidation sites excluding steroid dienone is 4. The molecule has 1 aliphatic rings. The zero-order chi connectivity index (χ0) is 11.4. The number of carbonyl (C=O) groups is 1. The van der Waals surface area contributed by atoms with E-state index in [1.165, 1.54) is 0 Å². The van der Waals surface area contributed by atoms with Gasteiger partial charge in [-0.3, -0.25) is 4.79 Å². The Labute approximate surface area is 126 Å². The van der Waals surface area contributed by atoms with Crippen molar-refractivity contribution in [2.75, 3.05) is 0 Å². The van der Waals surface area contributed by atoms with E-state index in [9.17, 15) is 9.00 Å². The minimum atomic E-state index is -0.421. The molecule has 1 atom stereocenters. The van der Waals surface area contributed by atoms with E-state index in [1.807, 2.05) is 18.2 Å². The number of benzene rings is 1. The van der Waals surface area contributed by atoms with Crippen LogP contribution in [-0.4, -0.2) is 44.4 Å². The Kier molecular flexibility index (Phi) is 5.78. The van der Waals surface area contributed by atoms with Crippen molar-refractivity contribution in [1.82, 2.24) is 0 Å². The second kappa shape index (κ2) is 6.87. The molecule has 4 heteroatoms. The summed E-state index contributed by atoms with van der Waals surface area (Å²) in [6.45, 7) is 0. The Hall–Kier alpha value is -0.740. The van der Waals surface area contributed by atoms with Crippen LogP contribution in [-0.2, 0) is 11.3 Å². The van der Waals surface area contributed by atoms with Crippen molar-refractivity contribution < 1.29 is 9.00 Å². The van der Waals surface area contributed by atoms with Crippen molar-refractivity contribution in [1.29, 1.82) is 0 Å². The number of rotatable bonds is 2. The summed E-state index contributed by atoms with van der Waals surface area (Å²) in [4.78, 5) is 12.7. The summed E-state index contributed by atoms with van der Waals surface area (Å²) in [5.41, 5.74) is 0.638. The summed E-state index contributed by atoms with van der Waals surface area (Å²) in [5.74, 6) is -0.450. The molecule has 0 spiro atoms. The number of hydrogen-bond acceptors (Lipinski definition) is 2. The van der Waals surface area contributed by atoms with Crippen LogP contribution < -0.4 is 0 Å². The van der Waals surface area contributed by atoms with Crippen molar-refractivity contribution in [2.24, 2.45) is 5.92 Å². The molecule has 0 saturated carbocycles. The minimum absolute atomic E-state index is 0. The molecule has 2 nitrogen and oxygen atoms in total. The van der Waals surface area contributed by atoms with E-state index in [0.717, 1.165) is 0 Å². The SMILES string of the molecule is O=S=C1C=CC=CC1C(=O)c1ccccc1.[Na]. The van der Waals surface area contributed by atoms with Crippen LogP contribution in [0.2, 0.25) is 0 Å². The van der Waals surface area contributed by atoms with Crippen LogP contribution in [0.3, 0.4) is 0 Å². The van der Waals surface area contributed by atoms with E-state index in [4.69, 9.17) is 0 Å². The monoisotopic (exact) mass is 253 g/mol. The molecule has 1 aromatic carbocycles. The van der Waals surface area contributed by atoms with Crippen molar-refractivity contribution in [3.8, 4) is 0 Å². The summed E-state index contributed by atoms with van der Waals surface area (Å²) < 4.78 is 10.9. The molecule has 81 valence electrons. The molecule has 0 saturated heterocycles. The summed E-state index contributed by atoms with van der Waals surface area (Å²) in [5, 5.41) is 0. The summed E-state index contributed by atoms with van der Waals surface area (Å²) in [6, 6.07) is 9.03. The van der Waals surface area contributed by atoms with Gasteiger partial charge in [0.05, 0.1) is 22.0 Å². The van der Waals surface area contributed by atoms with E-state index in [0.29, 0.717) is 21.7 Å². The van der Waals surface area contributed by atoms with Crippen molar-refractivity contribution >= 4 is 51.5 Å². The number of ketones is 1. The Balaban J connectivity index is 0.00000144. The topological polar surface area (TPSA) is 34.1 Å². The van der Waals surface area contributed by atoms with Gasteiger partial charge in [0, 0.05) is 35.1 Å². The molecule has 1 aromatic rings. The van der Waals surface area contributed by atoms with E-state index in [-0.39, 0.29) is 35.3 Å². The fraction of sp³-hybridized carbons (Fsp3) is 0.0769. The van der Waals surface area contributed by atoms with Gasteiger partial charge in [0.15, 0.2) is 5.78 Å². The van der Waals surface area contributed by atoms with E-state index in [2.05, 4.69) is 0 Å². The Morgan fingerprint density at radius 2 is 1.82 bits per heavy atom. The second-order valence-corrected chi connectivity index (χ2v) is 4.08. The second-order valence-electron chi connectivity index (χ2n) is 3.44. The van der Waals surface area contributed by atoms with Crippen LogP contribution in [0.4, 0.5) is 0 Å². The smallest absolute Gasteiger partial charge is 0.175 e. The van der Waals surface area contributed by atoms with Gasteiger partial charge in [-0.1, -0.05) is 48.6 Å². The van der Waals surface area contributed by atoms with Crippen molar-refractivity contribution in [3.05, 3.63) is 60.2 Å². The normalized spacial score (nSPS) is 17.4. The first-order valence-electron chi connectivity index (χ1n) is 4.93. The number of carbonyl (C=O) groups excluding carboxylic acids is 1. The van der Waals surface area contributed by atoms with Crippen LogP contribution in [0.25, 0.3) is 0 Å². The fourth-order valence-electron chi connectivity index (χ4n) is 1.60. The maximum Gasteiger partial charge on any atom is 0.175 e. The Morgan fingerprint density at radius 3 is 2.47 bits per heavy atom. The first kappa shape index (κ1) is 14.3. The van der Waals surface area contributed by atoms with Gasteiger partial charge in [0.2, 0.25) is 0 Å². The third kappa shape index (κ3) is 3.36. The van der Waals surface area contributed by atoms with Crippen molar-refractivity contribution in [2.45, 2.75) is 0 Å². The average Bonchev–Trinajstić information content (AvgIpc) is 2.39. The van der Waals surface area contributed by atoms with Gasteiger partial charge in [-0.15, -0.1) is 0 Å². The van der Waals surface area contributed by atoms with Gasteiger partial charge in [-0.05, 0) is 6.08 Å². The Bertz CT molecular complexity index is 513. The molecule has 0 fully saturated rings. The summed E-state index contributed by atoms with van der Waals surface area (Å²) in [7, 11) is 0. The molecule has 0 amide bonds. The standard InChI is InChI=1S/C13H10O2S.Na/c14-13(10-6-2-1-3-7-10)11-8-4-5-9-12(11)16-15;/h1-9,11H;. The summed E-state index contributed by atoms with van der Waals surface area (Å²) in [6.07, 6.45) is 7.03. The predicted octanol–water partition coefficient (Wildman–Crippen LogP) is 1.62. The molecular formula is C13H10NaO2S. The van der Waals surface area contributed by atoms with Gasteiger partial charge in [0.25, 0.3) is 0 Å². The minimum Gasteiger partial charge on any atom is -0.293 e. The van der Waals surface area contributed by atoms with Gasteiger partial charge < -0.3 is 0 Å². The van der Waals surface area contributed by atoms with E-state index in [1.54, 1.807) is 36.4 Å². The molecule has 0 heterocycles. The Morgan fingerprint density at radius 1 is 1.12 bits per heavy atom. The van der Waals surface area contributed by atoms with Gasteiger partial charge in [-0.2, -0.15) is 0 Å². The van der Waals surface area contributed by atoms with Crippen LogP contribution >= 0.6 is 0 Å². The average molecular weight is 253 g/mol. The molecular weight excluding hydrogens is 243 g/mol. The molecule has 17 heavy (non-hydrogen) atoms. The van der Waals surface area contributed by atoms with Gasteiger partial charge in [-0.25, -0.2) is 4.21 Å². The predicted molar refractivity (Wildman–Crippen MR) is 71.4 cm³/mol. The maximum atomic E-state index is 12.1. The van der Waals surface area contributed by atoms with Crippen LogP contribution in [0.1, 0.15) is 10.4 Å². The zero-order valence-electron chi connectivity index (χ0n) is 9.50. The quantitative estimate of drug-likeness (QED) is 0.456. The maximum absolute atomic E-state index is 12.1. The molecule has 0 aliphatic heterocycles. The fourth-order valence-corrected chi connectivity index (χ4v) is 2.03. The largest absolute Gasteiger partial charge is 0.293 e. The number of hydrogen-bond donors (Lipinski definition) is 0. The first-order valence-corrected chi connectivity index (χ1v) is 5.68. The van der Waals surface area contributed by atoms with Crippen LogP contribution in [0, 0.1) is 5.92 Å². The van der Waals surface area contributed by atoms with E-state index >= 15 is 0 Å². The molecule has 1 radical (unpaired) electrons. The third-order valence-corrected chi connectivity index (χ3v) is 3.00. The van der Waals surface area contributed by atoms with Crippen molar-refractivity contribution in [3.63, 3.8) is 0 Å². The van der Waals surface area contributed by atoms with Gasteiger partial charge in [0.1, 0.15) is 0 Å². The molecule has 0 aromatic heterocycles. The zero-order valence-corrected chi connectivity index (χ0v) is 12.3. The van der Waals surface area contributed by atoms with E-state index < -0.39 is 5.92 Å². The number of Topliss-reactive ketones (excluding diaryl/α,β-unsaturated/α-hetero) is 1. The van der Waals surface area contributed by atoms with Gasteiger partial charge >= 0.3 is 0 Å². The first-order chi connectivity index (χ1) is 7.83.